The van der Waals surface area contributed by atoms with Crippen LogP contribution in [0.2, 0.25) is 0 Å². The van der Waals surface area contributed by atoms with E-state index in [1.54, 1.807) is 17.5 Å². The van der Waals surface area contributed by atoms with Crippen molar-refractivity contribution >= 4 is 22.9 Å². The van der Waals surface area contributed by atoms with Gasteiger partial charge in [0.05, 0.1) is 23.3 Å². The van der Waals surface area contributed by atoms with E-state index in [0.717, 1.165) is 22.0 Å². The number of carbonyl (C=O) groups is 1. The summed E-state index contributed by atoms with van der Waals surface area (Å²) in [7, 11) is 0. The second-order valence-electron chi connectivity index (χ2n) is 5.50. The number of aromatic nitrogens is 2. The lowest BCUT2D eigenvalue weighted by Gasteiger charge is -2.05. The van der Waals surface area contributed by atoms with E-state index in [1.807, 2.05) is 29.6 Å². The van der Waals surface area contributed by atoms with Crippen molar-refractivity contribution in [1.82, 2.24) is 9.97 Å². The van der Waals surface area contributed by atoms with Crippen molar-refractivity contribution < 1.29 is 9.21 Å². The molecule has 0 aliphatic heterocycles. The Morgan fingerprint density at radius 2 is 2.09 bits per heavy atom. The molecule has 0 fully saturated rings. The molecule has 0 radical (unpaired) electrons. The predicted octanol–water partition coefficient (Wildman–Crippen LogP) is 4.10. The van der Waals surface area contributed by atoms with Crippen LogP contribution >= 0.6 is 11.3 Å². The molecule has 1 N–H and O–H groups in total. The average Bonchev–Trinajstić information content (AvgIpc) is 3.19. The first-order valence-corrected chi connectivity index (χ1v) is 8.23. The zero-order valence-electron chi connectivity index (χ0n) is 12.9. The van der Waals surface area contributed by atoms with Gasteiger partial charge in [0.25, 0.3) is 0 Å². The lowest BCUT2D eigenvalue weighted by atomic mass is 10.1. The van der Waals surface area contributed by atoms with Gasteiger partial charge in [0.2, 0.25) is 5.91 Å². The van der Waals surface area contributed by atoms with Crippen LogP contribution in [0.3, 0.4) is 0 Å². The van der Waals surface area contributed by atoms with Gasteiger partial charge in [-0.2, -0.15) is 0 Å². The third-order valence-corrected chi connectivity index (χ3v) is 4.48. The Bertz CT molecular complexity index is 777. The van der Waals surface area contributed by atoms with Crippen molar-refractivity contribution in [2.45, 2.75) is 26.2 Å². The fraction of sp³-hybridized carbons (Fsp3) is 0.235. The highest BCUT2D eigenvalue weighted by Gasteiger charge is 2.10. The number of hydrogen-bond donors (Lipinski definition) is 1. The smallest absolute Gasteiger partial charge is 0.230 e. The van der Waals surface area contributed by atoms with E-state index in [9.17, 15) is 4.79 Å². The van der Waals surface area contributed by atoms with Crippen LogP contribution in [0.4, 0.5) is 5.69 Å². The van der Waals surface area contributed by atoms with Gasteiger partial charge in [-0.05, 0) is 24.3 Å². The first-order chi connectivity index (χ1) is 11.1. The van der Waals surface area contributed by atoms with Crippen LogP contribution in [0, 0.1) is 0 Å². The van der Waals surface area contributed by atoms with Gasteiger partial charge in [0.1, 0.15) is 0 Å². The van der Waals surface area contributed by atoms with Crippen LogP contribution in [0.1, 0.15) is 30.5 Å². The topological polar surface area (TPSA) is 68.0 Å². The maximum Gasteiger partial charge on any atom is 0.230 e. The van der Waals surface area contributed by atoms with Gasteiger partial charge in [0.15, 0.2) is 12.2 Å². The number of hydrogen-bond acceptors (Lipinski definition) is 5. The molecule has 23 heavy (non-hydrogen) atoms. The molecular formula is C17H17N3O2S. The number of benzene rings is 1. The summed E-state index contributed by atoms with van der Waals surface area (Å²) in [5, 5.41) is 5.89. The third kappa shape index (κ3) is 3.84. The van der Waals surface area contributed by atoms with E-state index in [0.29, 0.717) is 11.7 Å². The van der Waals surface area contributed by atoms with Gasteiger partial charge in [-0.3, -0.25) is 4.79 Å². The molecule has 0 aliphatic rings. The summed E-state index contributed by atoms with van der Waals surface area (Å²) in [5.41, 5.74) is 2.48. The molecule has 1 aromatic carbocycles. The Hall–Kier alpha value is -2.47. The fourth-order valence-corrected chi connectivity index (χ4v) is 2.95. The Balaban J connectivity index is 1.61. The first kappa shape index (κ1) is 15.4. The van der Waals surface area contributed by atoms with Crippen molar-refractivity contribution in [1.29, 1.82) is 0 Å². The molecule has 3 rings (SSSR count). The second-order valence-corrected chi connectivity index (χ2v) is 6.39. The Labute approximate surface area is 138 Å². The van der Waals surface area contributed by atoms with Crippen molar-refractivity contribution in [3.8, 4) is 11.3 Å². The number of nitrogens with zero attached hydrogens (tertiary/aromatic N) is 2. The first-order valence-electron chi connectivity index (χ1n) is 7.35. The monoisotopic (exact) mass is 327 g/mol. The maximum atomic E-state index is 12.1. The van der Waals surface area contributed by atoms with Crippen molar-refractivity contribution in [3.05, 3.63) is 52.9 Å². The summed E-state index contributed by atoms with van der Waals surface area (Å²) in [5.74, 6) is 1.02. The highest BCUT2D eigenvalue weighted by atomic mass is 32.1. The van der Waals surface area contributed by atoms with Gasteiger partial charge < -0.3 is 9.73 Å². The minimum absolute atomic E-state index is 0.0713. The Kier molecular flexibility index (Phi) is 4.52. The quantitative estimate of drug-likeness (QED) is 0.766. The Morgan fingerprint density at radius 3 is 2.70 bits per heavy atom. The standard InChI is InChI=1S/C17H17N3O2S/c1-11(2)17-20-14(9-23-17)7-16(21)19-13-5-3-12(4-6-13)15-8-18-10-22-15/h3-6,8-11H,7H2,1-2H3,(H,19,21). The molecule has 2 aromatic heterocycles. The summed E-state index contributed by atoms with van der Waals surface area (Å²) < 4.78 is 5.24. The number of oxazole rings is 1. The van der Waals surface area contributed by atoms with Crippen molar-refractivity contribution in [2.24, 2.45) is 0 Å². The number of thiazole rings is 1. The predicted molar refractivity (Wildman–Crippen MR) is 90.5 cm³/mol. The average molecular weight is 327 g/mol. The van der Waals surface area contributed by atoms with Gasteiger partial charge >= 0.3 is 0 Å². The molecule has 0 atom stereocenters. The number of carbonyl (C=O) groups excluding carboxylic acids is 1. The van der Waals surface area contributed by atoms with Gasteiger partial charge in [0, 0.05) is 22.5 Å². The number of rotatable bonds is 5. The van der Waals surface area contributed by atoms with Crippen LogP contribution in [0.25, 0.3) is 11.3 Å². The molecule has 118 valence electrons. The van der Waals surface area contributed by atoms with Gasteiger partial charge in [-0.1, -0.05) is 13.8 Å². The van der Waals surface area contributed by atoms with Crippen LogP contribution in [-0.2, 0) is 11.2 Å². The molecule has 0 saturated carbocycles. The number of anilines is 1. The number of amides is 1. The fourth-order valence-electron chi connectivity index (χ4n) is 2.11. The molecule has 0 saturated heterocycles. The molecule has 0 unspecified atom stereocenters. The van der Waals surface area contributed by atoms with Gasteiger partial charge in [-0.15, -0.1) is 11.3 Å². The van der Waals surface area contributed by atoms with Crippen LogP contribution < -0.4 is 5.32 Å². The zero-order chi connectivity index (χ0) is 16.2. The van der Waals surface area contributed by atoms with Crippen LogP contribution in [0.5, 0.6) is 0 Å². The SMILES string of the molecule is CC(C)c1nc(CC(=O)Nc2ccc(-c3cnco3)cc2)cs1. The molecule has 0 aliphatic carbocycles. The molecule has 2 heterocycles. The van der Waals surface area contributed by atoms with E-state index in [2.05, 4.69) is 29.1 Å². The third-order valence-electron chi connectivity index (χ3n) is 3.29. The minimum Gasteiger partial charge on any atom is -0.444 e. The molecule has 3 aromatic rings. The molecule has 1 amide bonds. The highest BCUT2D eigenvalue weighted by molar-refractivity contribution is 7.09. The van der Waals surface area contributed by atoms with Crippen molar-refractivity contribution in [3.63, 3.8) is 0 Å². The van der Waals surface area contributed by atoms with Gasteiger partial charge in [-0.25, -0.2) is 9.97 Å². The lowest BCUT2D eigenvalue weighted by molar-refractivity contribution is -0.115. The zero-order valence-corrected chi connectivity index (χ0v) is 13.8. The van der Waals surface area contributed by atoms with E-state index in [1.165, 1.54) is 6.39 Å². The summed E-state index contributed by atoms with van der Waals surface area (Å²) in [4.78, 5) is 20.5. The minimum atomic E-state index is -0.0713. The van der Waals surface area contributed by atoms with E-state index in [4.69, 9.17) is 4.42 Å². The molecule has 0 spiro atoms. The van der Waals surface area contributed by atoms with Crippen LogP contribution in [0.15, 0.2) is 46.7 Å². The van der Waals surface area contributed by atoms with Crippen molar-refractivity contribution in [2.75, 3.05) is 5.32 Å². The summed E-state index contributed by atoms with van der Waals surface area (Å²) in [6.07, 6.45) is 3.33. The van der Waals surface area contributed by atoms with Crippen LogP contribution in [-0.4, -0.2) is 15.9 Å². The highest BCUT2D eigenvalue weighted by Crippen LogP contribution is 2.22. The van der Waals surface area contributed by atoms with E-state index < -0.39 is 0 Å². The molecule has 0 bridgehead atoms. The second kappa shape index (κ2) is 6.75. The summed E-state index contributed by atoms with van der Waals surface area (Å²) in [6.45, 7) is 4.19. The lowest BCUT2D eigenvalue weighted by Crippen LogP contribution is -2.14. The Morgan fingerprint density at radius 1 is 1.30 bits per heavy atom. The molecular weight excluding hydrogens is 310 g/mol. The number of nitrogens with one attached hydrogen (secondary N) is 1. The van der Waals surface area contributed by atoms with E-state index >= 15 is 0 Å². The molecule has 5 nitrogen and oxygen atoms in total. The van der Waals surface area contributed by atoms with E-state index in [-0.39, 0.29) is 12.3 Å². The maximum absolute atomic E-state index is 12.1. The largest absolute Gasteiger partial charge is 0.444 e. The normalized spacial score (nSPS) is 10.9. The summed E-state index contributed by atoms with van der Waals surface area (Å²) >= 11 is 1.60. The summed E-state index contributed by atoms with van der Waals surface area (Å²) in [6, 6.07) is 7.46. The molecule has 6 heteroatoms.